The number of rotatable bonds is 5. The van der Waals surface area contributed by atoms with Gasteiger partial charge < -0.3 is 15.4 Å². The molecule has 3 rings (SSSR count). The highest BCUT2D eigenvalue weighted by molar-refractivity contribution is 5.78. The SMILES string of the molecule is CN(C(N)=NCc1ccc(OC2CCCCC2)cc1)C1CC1. The van der Waals surface area contributed by atoms with Gasteiger partial charge in [0.2, 0.25) is 0 Å². The molecule has 22 heavy (non-hydrogen) atoms. The van der Waals surface area contributed by atoms with Crippen LogP contribution in [0.4, 0.5) is 0 Å². The number of benzene rings is 1. The lowest BCUT2D eigenvalue weighted by Crippen LogP contribution is -2.35. The highest BCUT2D eigenvalue weighted by Crippen LogP contribution is 2.25. The van der Waals surface area contributed by atoms with Crippen molar-refractivity contribution in [1.82, 2.24) is 4.90 Å². The number of ether oxygens (including phenoxy) is 1. The van der Waals surface area contributed by atoms with Crippen molar-refractivity contribution in [2.75, 3.05) is 7.05 Å². The molecule has 0 atom stereocenters. The van der Waals surface area contributed by atoms with Gasteiger partial charge in [0.05, 0.1) is 12.6 Å². The molecule has 1 aromatic carbocycles. The average Bonchev–Trinajstić information content (AvgIpc) is 3.39. The number of hydrogen-bond acceptors (Lipinski definition) is 2. The van der Waals surface area contributed by atoms with E-state index in [-0.39, 0.29) is 0 Å². The maximum absolute atomic E-state index is 6.05. The maximum atomic E-state index is 6.05. The van der Waals surface area contributed by atoms with Gasteiger partial charge in [-0.05, 0) is 56.2 Å². The van der Waals surface area contributed by atoms with Gasteiger partial charge in [0.15, 0.2) is 5.96 Å². The second kappa shape index (κ2) is 7.03. The molecule has 2 saturated carbocycles. The Kier molecular flexibility index (Phi) is 4.86. The fraction of sp³-hybridized carbons (Fsp3) is 0.611. The Bertz CT molecular complexity index is 502. The van der Waals surface area contributed by atoms with Crippen LogP contribution < -0.4 is 10.5 Å². The third kappa shape index (κ3) is 4.15. The first-order chi connectivity index (χ1) is 10.7. The van der Waals surface area contributed by atoms with Gasteiger partial charge >= 0.3 is 0 Å². The van der Waals surface area contributed by atoms with Crippen LogP contribution in [0.3, 0.4) is 0 Å². The molecule has 2 N–H and O–H groups in total. The van der Waals surface area contributed by atoms with Gasteiger partial charge in [-0.3, -0.25) is 0 Å². The normalized spacial score (nSPS) is 20.0. The van der Waals surface area contributed by atoms with Crippen molar-refractivity contribution in [3.05, 3.63) is 29.8 Å². The number of aliphatic imine (C=N–C) groups is 1. The van der Waals surface area contributed by atoms with E-state index in [0.29, 0.717) is 24.7 Å². The average molecular weight is 301 g/mol. The van der Waals surface area contributed by atoms with E-state index in [9.17, 15) is 0 Å². The molecule has 4 heteroatoms. The molecule has 120 valence electrons. The standard InChI is InChI=1S/C18H27N3O/c1-21(15-9-10-15)18(19)20-13-14-7-11-17(12-8-14)22-16-5-3-2-4-6-16/h7-8,11-12,15-16H,2-6,9-10,13H2,1H3,(H2,19,20). The number of nitrogens with two attached hydrogens (primary N) is 1. The number of guanidine groups is 1. The van der Waals surface area contributed by atoms with Gasteiger partial charge in [0.25, 0.3) is 0 Å². The monoisotopic (exact) mass is 301 g/mol. The summed E-state index contributed by atoms with van der Waals surface area (Å²) < 4.78 is 6.05. The quantitative estimate of drug-likeness (QED) is 0.670. The highest BCUT2D eigenvalue weighted by atomic mass is 16.5. The molecular formula is C18H27N3O. The zero-order valence-electron chi connectivity index (χ0n) is 13.5. The van der Waals surface area contributed by atoms with E-state index in [1.807, 2.05) is 7.05 Å². The van der Waals surface area contributed by atoms with Gasteiger partial charge in [-0.2, -0.15) is 0 Å². The summed E-state index contributed by atoms with van der Waals surface area (Å²) in [5.41, 5.74) is 7.18. The summed E-state index contributed by atoms with van der Waals surface area (Å²) in [4.78, 5) is 6.56. The molecule has 0 unspecified atom stereocenters. The van der Waals surface area contributed by atoms with Crippen LogP contribution in [0.25, 0.3) is 0 Å². The Morgan fingerprint density at radius 1 is 1.14 bits per heavy atom. The molecule has 0 saturated heterocycles. The fourth-order valence-electron chi connectivity index (χ4n) is 2.98. The molecule has 0 aromatic heterocycles. The van der Waals surface area contributed by atoms with Crippen LogP contribution >= 0.6 is 0 Å². The van der Waals surface area contributed by atoms with E-state index in [0.717, 1.165) is 5.75 Å². The van der Waals surface area contributed by atoms with E-state index < -0.39 is 0 Å². The van der Waals surface area contributed by atoms with E-state index in [2.05, 4.69) is 34.2 Å². The first-order valence-corrected chi connectivity index (χ1v) is 8.51. The lowest BCUT2D eigenvalue weighted by molar-refractivity contribution is 0.155. The Morgan fingerprint density at radius 3 is 2.45 bits per heavy atom. The van der Waals surface area contributed by atoms with Crippen molar-refractivity contribution in [1.29, 1.82) is 0 Å². The summed E-state index contributed by atoms with van der Waals surface area (Å²) >= 11 is 0. The predicted octanol–water partition coefficient (Wildman–Crippen LogP) is 3.31. The first-order valence-electron chi connectivity index (χ1n) is 8.51. The molecular weight excluding hydrogens is 274 g/mol. The zero-order valence-corrected chi connectivity index (χ0v) is 13.5. The highest BCUT2D eigenvalue weighted by Gasteiger charge is 2.27. The first kappa shape index (κ1) is 15.2. The van der Waals surface area contributed by atoms with Gasteiger partial charge in [-0.1, -0.05) is 18.6 Å². The van der Waals surface area contributed by atoms with E-state index in [1.165, 1.54) is 50.5 Å². The molecule has 0 aliphatic heterocycles. The van der Waals surface area contributed by atoms with Gasteiger partial charge in [0, 0.05) is 13.1 Å². The second-order valence-electron chi connectivity index (χ2n) is 6.54. The molecule has 0 bridgehead atoms. The van der Waals surface area contributed by atoms with Crippen LogP contribution in [0, 0.1) is 0 Å². The zero-order chi connectivity index (χ0) is 15.4. The predicted molar refractivity (Wildman–Crippen MR) is 90.1 cm³/mol. The van der Waals surface area contributed by atoms with E-state index in [4.69, 9.17) is 10.5 Å². The molecule has 2 aliphatic rings. The Hall–Kier alpha value is -1.71. The van der Waals surface area contributed by atoms with Gasteiger partial charge in [0.1, 0.15) is 5.75 Å². The summed E-state index contributed by atoms with van der Waals surface area (Å²) in [5.74, 6) is 1.62. The molecule has 4 nitrogen and oxygen atoms in total. The molecule has 1 aromatic rings. The smallest absolute Gasteiger partial charge is 0.191 e. The fourth-order valence-corrected chi connectivity index (χ4v) is 2.98. The molecule has 2 aliphatic carbocycles. The van der Waals surface area contributed by atoms with Crippen molar-refractivity contribution in [3.63, 3.8) is 0 Å². The number of nitrogens with zero attached hydrogens (tertiary/aromatic N) is 2. The Balaban J connectivity index is 1.51. The van der Waals surface area contributed by atoms with Crippen LogP contribution in [0.15, 0.2) is 29.3 Å². The van der Waals surface area contributed by atoms with Gasteiger partial charge in [-0.25, -0.2) is 4.99 Å². The third-order valence-corrected chi connectivity index (χ3v) is 4.66. The summed E-state index contributed by atoms with van der Waals surface area (Å²) in [7, 11) is 2.03. The Labute approximate surface area is 133 Å². The van der Waals surface area contributed by atoms with E-state index in [1.54, 1.807) is 0 Å². The number of hydrogen-bond donors (Lipinski definition) is 1. The molecule has 0 amide bonds. The van der Waals surface area contributed by atoms with Crippen molar-refractivity contribution >= 4 is 5.96 Å². The Morgan fingerprint density at radius 2 is 1.82 bits per heavy atom. The topological polar surface area (TPSA) is 50.8 Å². The minimum atomic E-state index is 0.403. The van der Waals surface area contributed by atoms with Crippen LogP contribution in [-0.2, 0) is 6.54 Å². The minimum Gasteiger partial charge on any atom is -0.490 e. The molecule has 0 heterocycles. The molecule has 0 radical (unpaired) electrons. The summed E-state index contributed by atoms with van der Waals surface area (Å²) in [6.07, 6.45) is 9.20. The van der Waals surface area contributed by atoms with Crippen molar-refractivity contribution < 1.29 is 4.74 Å². The lowest BCUT2D eigenvalue weighted by Gasteiger charge is -2.23. The van der Waals surface area contributed by atoms with Gasteiger partial charge in [-0.15, -0.1) is 0 Å². The van der Waals surface area contributed by atoms with Crippen LogP contribution in [0.1, 0.15) is 50.5 Å². The van der Waals surface area contributed by atoms with Crippen molar-refractivity contribution in [3.8, 4) is 5.75 Å². The van der Waals surface area contributed by atoms with Crippen molar-refractivity contribution in [2.24, 2.45) is 10.7 Å². The van der Waals surface area contributed by atoms with Crippen LogP contribution in [0.2, 0.25) is 0 Å². The summed E-state index contributed by atoms with van der Waals surface area (Å²) in [6, 6.07) is 8.90. The summed E-state index contributed by atoms with van der Waals surface area (Å²) in [5, 5.41) is 0. The van der Waals surface area contributed by atoms with Crippen molar-refractivity contribution in [2.45, 2.75) is 63.6 Å². The van der Waals surface area contributed by atoms with Crippen LogP contribution in [0.5, 0.6) is 5.75 Å². The maximum Gasteiger partial charge on any atom is 0.191 e. The third-order valence-electron chi connectivity index (χ3n) is 4.66. The molecule has 2 fully saturated rings. The van der Waals surface area contributed by atoms with E-state index >= 15 is 0 Å². The van der Waals surface area contributed by atoms with Crippen LogP contribution in [-0.4, -0.2) is 30.1 Å². The largest absolute Gasteiger partial charge is 0.490 e. The molecule has 0 spiro atoms. The minimum absolute atomic E-state index is 0.403. The summed E-state index contributed by atoms with van der Waals surface area (Å²) in [6.45, 7) is 0.632. The lowest BCUT2D eigenvalue weighted by atomic mass is 9.98. The second-order valence-corrected chi connectivity index (χ2v) is 6.54.